The first kappa shape index (κ1) is 21.7. The Labute approximate surface area is 166 Å². The number of likely N-dealkylation sites (N-methyl/N-ethyl adjacent to an activating group) is 1. The standard InChI is InChI=1S/C21H40N6/c1-7-22-21(23-14-20(12-17(4)5)26(8-2)9-3)27-11-10-18(16-27)19-13-24-25(6)15-19/h13,15,17-18,20H,7-12,14,16H2,1-6H3,(H,22,23). The largest absolute Gasteiger partial charge is 0.357 e. The van der Waals surface area contributed by atoms with Crippen LogP contribution >= 0.6 is 0 Å². The van der Waals surface area contributed by atoms with Gasteiger partial charge >= 0.3 is 0 Å². The van der Waals surface area contributed by atoms with E-state index in [2.05, 4.69) is 61.0 Å². The molecule has 0 bridgehead atoms. The Morgan fingerprint density at radius 1 is 1.33 bits per heavy atom. The van der Waals surface area contributed by atoms with Crippen LogP contribution < -0.4 is 5.32 Å². The summed E-state index contributed by atoms with van der Waals surface area (Å²) < 4.78 is 1.90. The normalized spacial score (nSPS) is 19.3. The summed E-state index contributed by atoms with van der Waals surface area (Å²) in [5, 5.41) is 7.86. The lowest BCUT2D eigenvalue weighted by Crippen LogP contribution is -2.42. The number of likely N-dealkylation sites (tertiary alicyclic amines) is 1. The van der Waals surface area contributed by atoms with Crippen molar-refractivity contribution in [2.24, 2.45) is 18.0 Å². The third kappa shape index (κ3) is 6.23. The van der Waals surface area contributed by atoms with E-state index in [9.17, 15) is 0 Å². The molecule has 27 heavy (non-hydrogen) atoms. The van der Waals surface area contributed by atoms with Crippen molar-refractivity contribution < 1.29 is 0 Å². The Hall–Kier alpha value is -1.56. The Bertz CT molecular complexity index is 575. The van der Waals surface area contributed by atoms with Gasteiger partial charge in [-0.1, -0.05) is 27.7 Å². The van der Waals surface area contributed by atoms with Crippen molar-refractivity contribution in [3.05, 3.63) is 18.0 Å². The molecule has 0 radical (unpaired) electrons. The van der Waals surface area contributed by atoms with E-state index in [1.54, 1.807) is 0 Å². The molecule has 1 saturated heterocycles. The van der Waals surface area contributed by atoms with E-state index in [1.165, 1.54) is 18.4 Å². The topological polar surface area (TPSA) is 48.7 Å². The first-order valence-electron chi connectivity index (χ1n) is 10.7. The molecule has 1 fully saturated rings. The highest BCUT2D eigenvalue weighted by Crippen LogP contribution is 2.26. The minimum atomic E-state index is 0.519. The first-order valence-corrected chi connectivity index (χ1v) is 10.7. The minimum Gasteiger partial charge on any atom is -0.357 e. The molecule has 1 N–H and O–H groups in total. The van der Waals surface area contributed by atoms with E-state index in [0.29, 0.717) is 17.9 Å². The third-order valence-corrected chi connectivity index (χ3v) is 5.54. The van der Waals surface area contributed by atoms with Crippen molar-refractivity contribution in [2.45, 2.75) is 59.4 Å². The van der Waals surface area contributed by atoms with Crippen molar-refractivity contribution in [3.8, 4) is 0 Å². The Balaban J connectivity index is 2.05. The zero-order chi connectivity index (χ0) is 19.8. The van der Waals surface area contributed by atoms with Crippen LogP contribution in [0.5, 0.6) is 0 Å². The summed E-state index contributed by atoms with van der Waals surface area (Å²) in [6, 6.07) is 0.519. The minimum absolute atomic E-state index is 0.519. The number of hydrogen-bond donors (Lipinski definition) is 1. The summed E-state index contributed by atoms with van der Waals surface area (Å²) in [4.78, 5) is 10.0. The van der Waals surface area contributed by atoms with Gasteiger partial charge in [-0.2, -0.15) is 5.10 Å². The van der Waals surface area contributed by atoms with E-state index in [0.717, 1.165) is 45.2 Å². The number of aryl methyl sites for hydroxylation is 1. The molecular formula is C21H40N6. The van der Waals surface area contributed by atoms with E-state index in [-0.39, 0.29) is 0 Å². The second kappa shape index (κ2) is 10.7. The van der Waals surface area contributed by atoms with Gasteiger partial charge in [0.2, 0.25) is 0 Å². The smallest absolute Gasteiger partial charge is 0.193 e. The maximum atomic E-state index is 5.07. The second-order valence-electron chi connectivity index (χ2n) is 8.08. The van der Waals surface area contributed by atoms with Gasteiger partial charge < -0.3 is 10.2 Å². The molecule has 0 aliphatic carbocycles. The Morgan fingerprint density at radius 3 is 2.63 bits per heavy atom. The fraction of sp³-hybridized carbons (Fsp3) is 0.810. The van der Waals surface area contributed by atoms with Crippen molar-refractivity contribution in [1.29, 1.82) is 0 Å². The molecule has 2 unspecified atom stereocenters. The lowest BCUT2D eigenvalue weighted by atomic mass is 10.0. The molecular weight excluding hydrogens is 336 g/mol. The molecule has 0 amide bonds. The van der Waals surface area contributed by atoms with Gasteiger partial charge in [-0.25, -0.2) is 0 Å². The van der Waals surface area contributed by atoms with Crippen LogP contribution in [0, 0.1) is 5.92 Å². The molecule has 6 heteroatoms. The maximum absolute atomic E-state index is 5.07. The molecule has 1 aliphatic rings. The molecule has 2 atom stereocenters. The molecule has 1 aromatic heterocycles. The van der Waals surface area contributed by atoms with Crippen LogP contribution in [-0.4, -0.2) is 70.9 Å². The summed E-state index contributed by atoms with van der Waals surface area (Å²) in [5.74, 6) is 2.32. The van der Waals surface area contributed by atoms with Crippen molar-refractivity contribution in [2.75, 3.05) is 39.3 Å². The highest BCUT2D eigenvalue weighted by atomic mass is 15.3. The van der Waals surface area contributed by atoms with Crippen molar-refractivity contribution in [1.82, 2.24) is 24.9 Å². The summed E-state index contributed by atoms with van der Waals surface area (Å²) in [7, 11) is 1.99. The van der Waals surface area contributed by atoms with Crippen molar-refractivity contribution >= 4 is 5.96 Å². The van der Waals surface area contributed by atoms with Crippen LogP contribution in [0.1, 0.15) is 58.9 Å². The molecule has 1 aromatic rings. The fourth-order valence-electron chi connectivity index (χ4n) is 4.12. The number of guanidine groups is 1. The monoisotopic (exact) mass is 376 g/mol. The summed E-state index contributed by atoms with van der Waals surface area (Å²) in [5.41, 5.74) is 1.34. The predicted molar refractivity (Wildman–Crippen MR) is 114 cm³/mol. The molecule has 154 valence electrons. The summed E-state index contributed by atoms with van der Waals surface area (Å²) >= 11 is 0. The highest BCUT2D eigenvalue weighted by molar-refractivity contribution is 5.80. The number of aliphatic imine (C=N–C) groups is 1. The Kier molecular flexibility index (Phi) is 8.61. The van der Waals surface area contributed by atoms with Crippen LogP contribution in [0.25, 0.3) is 0 Å². The second-order valence-corrected chi connectivity index (χ2v) is 8.08. The van der Waals surface area contributed by atoms with Gasteiger partial charge in [0.1, 0.15) is 0 Å². The van der Waals surface area contributed by atoms with Gasteiger partial charge in [-0.05, 0) is 44.3 Å². The number of rotatable bonds is 9. The summed E-state index contributed by atoms with van der Waals surface area (Å²) in [6.45, 7) is 17.3. The van der Waals surface area contributed by atoms with Gasteiger partial charge in [-0.3, -0.25) is 14.6 Å². The predicted octanol–water partition coefficient (Wildman–Crippen LogP) is 2.93. The molecule has 0 spiro atoms. The van der Waals surface area contributed by atoms with Crippen LogP contribution in [0.3, 0.4) is 0 Å². The average molecular weight is 377 g/mol. The van der Waals surface area contributed by atoms with Gasteiger partial charge in [0.05, 0.1) is 12.7 Å². The van der Waals surface area contributed by atoms with E-state index in [4.69, 9.17) is 4.99 Å². The molecule has 2 rings (SSSR count). The maximum Gasteiger partial charge on any atom is 0.193 e. The molecule has 2 heterocycles. The zero-order valence-electron chi connectivity index (χ0n) is 18.3. The van der Waals surface area contributed by atoms with Gasteiger partial charge in [0, 0.05) is 44.8 Å². The molecule has 1 aliphatic heterocycles. The van der Waals surface area contributed by atoms with E-state index >= 15 is 0 Å². The van der Waals surface area contributed by atoms with Gasteiger partial charge in [0.15, 0.2) is 5.96 Å². The number of nitrogens with zero attached hydrogens (tertiary/aromatic N) is 5. The molecule has 6 nitrogen and oxygen atoms in total. The SMILES string of the molecule is CCNC(=NCC(CC(C)C)N(CC)CC)N1CCC(c2cnn(C)c2)C1. The Morgan fingerprint density at radius 2 is 2.07 bits per heavy atom. The van der Waals surface area contributed by atoms with Crippen LogP contribution in [0.15, 0.2) is 17.4 Å². The number of nitrogens with one attached hydrogen (secondary N) is 1. The third-order valence-electron chi connectivity index (χ3n) is 5.54. The van der Waals surface area contributed by atoms with Crippen LogP contribution in [0.2, 0.25) is 0 Å². The quantitative estimate of drug-likeness (QED) is 0.532. The van der Waals surface area contributed by atoms with Gasteiger partial charge in [-0.15, -0.1) is 0 Å². The summed E-state index contributed by atoms with van der Waals surface area (Å²) in [6.07, 6.45) is 6.53. The number of aromatic nitrogens is 2. The van der Waals surface area contributed by atoms with Crippen LogP contribution in [-0.2, 0) is 7.05 Å². The lowest BCUT2D eigenvalue weighted by molar-refractivity contribution is 0.196. The molecule has 0 aromatic carbocycles. The van der Waals surface area contributed by atoms with E-state index < -0.39 is 0 Å². The number of hydrogen-bond acceptors (Lipinski definition) is 3. The van der Waals surface area contributed by atoms with Gasteiger partial charge in [0.25, 0.3) is 0 Å². The lowest BCUT2D eigenvalue weighted by Gasteiger charge is -2.30. The fourth-order valence-corrected chi connectivity index (χ4v) is 4.12. The van der Waals surface area contributed by atoms with Crippen LogP contribution in [0.4, 0.5) is 0 Å². The average Bonchev–Trinajstić information content (AvgIpc) is 3.27. The zero-order valence-corrected chi connectivity index (χ0v) is 18.3. The highest BCUT2D eigenvalue weighted by Gasteiger charge is 2.27. The van der Waals surface area contributed by atoms with Crippen molar-refractivity contribution in [3.63, 3.8) is 0 Å². The first-order chi connectivity index (χ1) is 13.0. The van der Waals surface area contributed by atoms with E-state index in [1.807, 2.05) is 17.9 Å². The molecule has 0 saturated carbocycles.